The second-order valence-corrected chi connectivity index (χ2v) is 6.29. The number of likely N-dealkylation sites (tertiary alicyclic amines) is 1. The molecule has 1 unspecified atom stereocenters. The van der Waals surface area contributed by atoms with E-state index in [1.54, 1.807) is 7.11 Å². The van der Waals surface area contributed by atoms with Gasteiger partial charge in [0.25, 0.3) is 0 Å². The Labute approximate surface area is 138 Å². The van der Waals surface area contributed by atoms with Gasteiger partial charge < -0.3 is 19.3 Å². The van der Waals surface area contributed by atoms with Gasteiger partial charge in [-0.3, -0.25) is 0 Å². The lowest BCUT2D eigenvalue weighted by molar-refractivity contribution is 0.0432. The predicted molar refractivity (Wildman–Crippen MR) is 88.9 cm³/mol. The van der Waals surface area contributed by atoms with Gasteiger partial charge >= 0.3 is 6.03 Å². The van der Waals surface area contributed by atoms with Crippen molar-refractivity contribution in [2.24, 2.45) is 0 Å². The number of amides is 2. The van der Waals surface area contributed by atoms with Gasteiger partial charge in [-0.2, -0.15) is 0 Å². The summed E-state index contributed by atoms with van der Waals surface area (Å²) in [6.07, 6.45) is 3.39. The summed E-state index contributed by atoms with van der Waals surface area (Å²) in [5.41, 5.74) is 1.30. The number of rotatable bonds is 2. The van der Waals surface area contributed by atoms with Crippen molar-refractivity contribution in [3.8, 4) is 5.75 Å². The van der Waals surface area contributed by atoms with Crippen molar-refractivity contribution in [2.75, 3.05) is 46.5 Å². The molecule has 2 aliphatic rings. The van der Waals surface area contributed by atoms with Crippen molar-refractivity contribution in [3.63, 3.8) is 0 Å². The summed E-state index contributed by atoms with van der Waals surface area (Å²) < 4.78 is 10.6. The van der Waals surface area contributed by atoms with Crippen LogP contribution in [0.1, 0.15) is 30.7 Å². The van der Waals surface area contributed by atoms with E-state index in [1.807, 2.05) is 21.9 Å². The van der Waals surface area contributed by atoms with Crippen molar-refractivity contribution in [1.29, 1.82) is 0 Å². The monoisotopic (exact) mass is 318 g/mol. The first-order chi connectivity index (χ1) is 11.3. The van der Waals surface area contributed by atoms with Gasteiger partial charge in [-0.25, -0.2) is 4.79 Å². The van der Waals surface area contributed by atoms with E-state index in [0.29, 0.717) is 32.2 Å². The van der Waals surface area contributed by atoms with E-state index in [4.69, 9.17) is 9.47 Å². The number of benzene rings is 1. The minimum atomic E-state index is 0.175. The lowest BCUT2D eigenvalue weighted by Gasteiger charge is -2.33. The Kier molecular flexibility index (Phi) is 5.39. The molecule has 0 spiro atoms. The third kappa shape index (κ3) is 3.96. The standard InChI is InChI=1S/C18H26N2O3/c1-22-17-7-5-15(6-8-17)16-4-2-3-9-20(14-16)18(21)19-10-12-23-13-11-19/h5-8,16H,2-4,9-14H2,1H3. The third-order valence-corrected chi connectivity index (χ3v) is 4.81. The first-order valence-electron chi connectivity index (χ1n) is 8.53. The number of carbonyl (C=O) groups is 1. The smallest absolute Gasteiger partial charge is 0.320 e. The van der Waals surface area contributed by atoms with Gasteiger partial charge in [-0.1, -0.05) is 18.6 Å². The van der Waals surface area contributed by atoms with E-state index >= 15 is 0 Å². The molecule has 1 atom stereocenters. The number of urea groups is 1. The third-order valence-electron chi connectivity index (χ3n) is 4.81. The molecule has 1 aromatic carbocycles. The van der Waals surface area contributed by atoms with Crippen LogP contribution in [0, 0.1) is 0 Å². The van der Waals surface area contributed by atoms with Crippen molar-refractivity contribution < 1.29 is 14.3 Å². The van der Waals surface area contributed by atoms with Gasteiger partial charge in [0, 0.05) is 32.1 Å². The Morgan fingerprint density at radius 1 is 1.09 bits per heavy atom. The van der Waals surface area contributed by atoms with Crippen LogP contribution >= 0.6 is 0 Å². The summed E-state index contributed by atoms with van der Waals surface area (Å²) in [6.45, 7) is 4.40. The molecule has 0 N–H and O–H groups in total. The molecule has 1 aromatic rings. The number of ether oxygens (including phenoxy) is 2. The molecule has 0 radical (unpaired) electrons. The molecule has 2 fully saturated rings. The summed E-state index contributed by atoms with van der Waals surface area (Å²) in [5, 5.41) is 0. The first-order valence-corrected chi connectivity index (χ1v) is 8.53. The summed E-state index contributed by atoms with van der Waals surface area (Å²) in [4.78, 5) is 16.7. The number of nitrogens with zero attached hydrogens (tertiary/aromatic N) is 2. The lowest BCUT2D eigenvalue weighted by Crippen LogP contribution is -2.49. The summed E-state index contributed by atoms with van der Waals surface area (Å²) in [5.74, 6) is 1.29. The second-order valence-electron chi connectivity index (χ2n) is 6.29. The Morgan fingerprint density at radius 3 is 2.52 bits per heavy atom. The molecule has 5 heteroatoms. The van der Waals surface area contributed by atoms with E-state index in [1.165, 1.54) is 12.0 Å². The van der Waals surface area contributed by atoms with Crippen LogP contribution in [0.5, 0.6) is 5.75 Å². The minimum Gasteiger partial charge on any atom is -0.497 e. The SMILES string of the molecule is COc1ccc(C2CCCCN(C(=O)N3CCOCC3)C2)cc1. The highest BCUT2D eigenvalue weighted by atomic mass is 16.5. The van der Waals surface area contributed by atoms with Crippen molar-refractivity contribution >= 4 is 6.03 Å². The molecule has 2 aliphatic heterocycles. The van der Waals surface area contributed by atoms with Crippen LogP contribution in [0.3, 0.4) is 0 Å². The molecule has 3 rings (SSSR count). The van der Waals surface area contributed by atoms with Crippen molar-refractivity contribution in [3.05, 3.63) is 29.8 Å². The van der Waals surface area contributed by atoms with Crippen LogP contribution in [-0.4, -0.2) is 62.3 Å². The fourth-order valence-electron chi connectivity index (χ4n) is 3.42. The van der Waals surface area contributed by atoms with Crippen molar-refractivity contribution in [2.45, 2.75) is 25.2 Å². The summed E-state index contributed by atoms with van der Waals surface area (Å²) in [6, 6.07) is 8.45. The van der Waals surface area contributed by atoms with Crippen LogP contribution in [0.15, 0.2) is 24.3 Å². The molecule has 5 nitrogen and oxygen atoms in total. The Balaban J connectivity index is 1.68. The van der Waals surface area contributed by atoms with E-state index in [2.05, 4.69) is 12.1 Å². The van der Waals surface area contributed by atoms with Gasteiger partial charge in [0.15, 0.2) is 0 Å². The van der Waals surface area contributed by atoms with Crippen molar-refractivity contribution in [1.82, 2.24) is 9.80 Å². The normalized spacial score (nSPS) is 22.6. The Hall–Kier alpha value is -1.75. The molecular weight excluding hydrogens is 292 g/mol. The lowest BCUT2D eigenvalue weighted by atomic mass is 9.94. The maximum atomic E-state index is 12.8. The van der Waals surface area contributed by atoms with E-state index in [-0.39, 0.29) is 6.03 Å². The molecular formula is C18H26N2O3. The first kappa shape index (κ1) is 16.1. The maximum Gasteiger partial charge on any atom is 0.320 e. The number of hydrogen-bond donors (Lipinski definition) is 0. The fraction of sp³-hybridized carbons (Fsp3) is 0.611. The molecule has 0 saturated carbocycles. The van der Waals surface area contributed by atoms with E-state index < -0.39 is 0 Å². The largest absolute Gasteiger partial charge is 0.497 e. The molecule has 0 aromatic heterocycles. The highest BCUT2D eigenvalue weighted by Gasteiger charge is 2.27. The van der Waals surface area contributed by atoms with Gasteiger partial charge in [0.05, 0.1) is 20.3 Å². The zero-order chi connectivity index (χ0) is 16.1. The number of methoxy groups -OCH3 is 1. The minimum absolute atomic E-state index is 0.175. The average Bonchev–Trinajstić information content (AvgIpc) is 2.88. The second kappa shape index (κ2) is 7.68. The maximum absolute atomic E-state index is 12.8. The number of morpholine rings is 1. The van der Waals surface area contributed by atoms with Crippen LogP contribution in [0.2, 0.25) is 0 Å². The number of hydrogen-bond acceptors (Lipinski definition) is 3. The van der Waals surface area contributed by atoms with Crippen LogP contribution in [0.4, 0.5) is 4.79 Å². The van der Waals surface area contributed by atoms with Crippen LogP contribution < -0.4 is 4.74 Å². The van der Waals surface area contributed by atoms with Gasteiger partial charge in [-0.05, 0) is 30.5 Å². The Morgan fingerprint density at radius 2 is 1.83 bits per heavy atom. The summed E-state index contributed by atoms with van der Waals surface area (Å²) >= 11 is 0. The topological polar surface area (TPSA) is 42.0 Å². The quantitative estimate of drug-likeness (QED) is 0.842. The highest BCUT2D eigenvalue weighted by Crippen LogP contribution is 2.28. The van der Waals surface area contributed by atoms with E-state index in [0.717, 1.165) is 31.7 Å². The fourth-order valence-corrected chi connectivity index (χ4v) is 3.42. The molecule has 2 amide bonds. The molecule has 2 saturated heterocycles. The summed E-state index contributed by atoms with van der Waals surface area (Å²) in [7, 11) is 1.68. The zero-order valence-electron chi connectivity index (χ0n) is 13.9. The van der Waals surface area contributed by atoms with Crippen LogP contribution in [0.25, 0.3) is 0 Å². The molecule has 126 valence electrons. The van der Waals surface area contributed by atoms with Gasteiger partial charge in [0.2, 0.25) is 0 Å². The molecule has 0 bridgehead atoms. The molecule has 23 heavy (non-hydrogen) atoms. The number of carbonyl (C=O) groups excluding carboxylic acids is 1. The zero-order valence-corrected chi connectivity index (χ0v) is 13.9. The van der Waals surface area contributed by atoms with Gasteiger partial charge in [-0.15, -0.1) is 0 Å². The van der Waals surface area contributed by atoms with Crippen LogP contribution in [-0.2, 0) is 4.74 Å². The van der Waals surface area contributed by atoms with E-state index in [9.17, 15) is 4.79 Å². The Bertz CT molecular complexity index is 512. The molecule has 2 heterocycles. The predicted octanol–water partition coefficient (Wildman–Crippen LogP) is 2.72. The average molecular weight is 318 g/mol. The molecule has 0 aliphatic carbocycles. The van der Waals surface area contributed by atoms with Gasteiger partial charge in [0.1, 0.15) is 5.75 Å². The highest BCUT2D eigenvalue weighted by molar-refractivity contribution is 5.74.